The summed E-state index contributed by atoms with van der Waals surface area (Å²) in [4.78, 5) is 67.5. The number of aliphatic carboxylic acids is 3. The summed E-state index contributed by atoms with van der Waals surface area (Å²) in [7, 11) is 0. The van der Waals surface area contributed by atoms with Crippen LogP contribution in [0.4, 0.5) is 0 Å². The summed E-state index contributed by atoms with van der Waals surface area (Å²) in [6, 6.07) is -3.68. The summed E-state index contributed by atoms with van der Waals surface area (Å²) >= 11 is 0.960. The lowest BCUT2D eigenvalue weighted by molar-refractivity contribution is -0.142. The minimum atomic E-state index is -1.33. The lowest BCUT2D eigenvalue weighted by Crippen LogP contribution is -2.50. The molecule has 0 heterocycles. The maximum atomic E-state index is 12.1. The molecule has 164 valence electrons. The minimum absolute atomic E-state index is 0.0580. The summed E-state index contributed by atoms with van der Waals surface area (Å²) in [5.74, 6) is -6.13. The van der Waals surface area contributed by atoms with Crippen LogP contribution < -0.4 is 21.7 Å². The predicted molar refractivity (Wildman–Crippen MR) is 100.0 cm³/mol. The molecule has 3 atom stereocenters. The summed E-state index contributed by atoms with van der Waals surface area (Å²) in [5, 5.41) is 33.0. The Morgan fingerprint density at radius 2 is 1.55 bits per heavy atom. The summed E-state index contributed by atoms with van der Waals surface area (Å²) in [6.07, 6.45) is -0.569. The van der Waals surface area contributed by atoms with E-state index < -0.39 is 60.3 Å². The van der Waals surface area contributed by atoms with E-state index in [-0.39, 0.29) is 24.3 Å². The molecule has 29 heavy (non-hydrogen) atoms. The fourth-order valence-corrected chi connectivity index (χ4v) is 2.90. The van der Waals surface area contributed by atoms with Crippen LogP contribution in [0.15, 0.2) is 0 Å². The fraction of sp³-hybridized carbons (Fsp3) is 0.600. The number of nitrogens with two attached hydrogens (primary N) is 1. The van der Waals surface area contributed by atoms with E-state index in [0.29, 0.717) is 0 Å². The van der Waals surface area contributed by atoms with Gasteiger partial charge < -0.3 is 37.0 Å². The van der Waals surface area contributed by atoms with Crippen molar-refractivity contribution < 1.29 is 44.1 Å². The number of carboxylic acids is 3. The molecule has 0 rings (SSSR count). The Hall–Kier alpha value is -2.87. The first kappa shape index (κ1) is 26.1. The number of carbonyl (C=O) groups excluding carboxylic acids is 3. The van der Waals surface area contributed by atoms with Gasteiger partial charge in [0.1, 0.15) is 24.7 Å². The molecule has 0 saturated heterocycles. The molecule has 13 nitrogen and oxygen atoms in total. The van der Waals surface area contributed by atoms with Gasteiger partial charge in [-0.1, -0.05) is 0 Å². The first-order valence-electron chi connectivity index (χ1n) is 8.29. The second-order valence-electron chi connectivity index (χ2n) is 5.84. The molecule has 0 aromatic rings. The van der Waals surface area contributed by atoms with Crippen LogP contribution in [0.2, 0.25) is 0 Å². The van der Waals surface area contributed by atoms with E-state index >= 15 is 0 Å². The highest BCUT2D eigenvalue weighted by Crippen LogP contribution is 2.07. The van der Waals surface area contributed by atoms with Crippen molar-refractivity contribution in [3.05, 3.63) is 0 Å². The van der Waals surface area contributed by atoms with Gasteiger partial charge in [-0.2, -0.15) is 11.8 Å². The zero-order chi connectivity index (χ0) is 22.6. The van der Waals surface area contributed by atoms with E-state index in [9.17, 15) is 28.8 Å². The number of carboxylic acid groups (broad SMARTS) is 3. The van der Waals surface area contributed by atoms with Crippen molar-refractivity contribution in [1.29, 1.82) is 0 Å². The van der Waals surface area contributed by atoms with Crippen LogP contribution in [0, 0.1) is 0 Å². The Bertz CT molecular complexity index is 643. The highest BCUT2D eigenvalue weighted by molar-refractivity contribution is 7.99. The molecule has 0 aliphatic rings. The third-order valence-corrected chi connectivity index (χ3v) is 4.46. The second-order valence-corrected chi connectivity index (χ2v) is 6.92. The van der Waals surface area contributed by atoms with Crippen LogP contribution in [0.1, 0.15) is 19.8 Å². The standard InChI is InChI=1S/C15H24N4O9S/c1-7(20)18-9(15(27)28)2-3-11(21)19-10(13(24)17-4-12(22)23)6-29-5-8(16)14(25)26/h8-10H,2-6,16H2,1H3,(H,17,24)(H,18,20)(H,19,21)(H,22,23)(H,25,26)(H,27,28)/t8-,9+,10+/m0/s1. The molecule has 3 amide bonds. The molecular formula is C15H24N4O9S. The number of nitrogens with one attached hydrogen (secondary N) is 3. The quantitative estimate of drug-likeness (QED) is 0.147. The van der Waals surface area contributed by atoms with Crippen LogP contribution >= 0.6 is 11.8 Å². The van der Waals surface area contributed by atoms with Gasteiger partial charge in [0, 0.05) is 24.9 Å². The van der Waals surface area contributed by atoms with Crippen molar-refractivity contribution in [3.63, 3.8) is 0 Å². The maximum absolute atomic E-state index is 12.1. The van der Waals surface area contributed by atoms with Crippen molar-refractivity contribution in [1.82, 2.24) is 16.0 Å². The van der Waals surface area contributed by atoms with Crippen LogP contribution in [-0.4, -0.2) is 87.1 Å². The monoisotopic (exact) mass is 436 g/mol. The third kappa shape index (κ3) is 12.2. The smallest absolute Gasteiger partial charge is 0.326 e. The van der Waals surface area contributed by atoms with E-state index in [0.717, 1.165) is 18.7 Å². The van der Waals surface area contributed by atoms with Gasteiger partial charge in [-0.05, 0) is 6.42 Å². The van der Waals surface area contributed by atoms with Gasteiger partial charge in [0.25, 0.3) is 0 Å². The van der Waals surface area contributed by atoms with E-state index in [4.69, 9.17) is 21.1 Å². The highest BCUT2D eigenvalue weighted by atomic mass is 32.2. The van der Waals surface area contributed by atoms with E-state index in [2.05, 4.69) is 16.0 Å². The molecule has 14 heteroatoms. The van der Waals surface area contributed by atoms with Crippen molar-refractivity contribution in [3.8, 4) is 0 Å². The molecule has 0 aliphatic carbocycles. The lowest BCUT2D eigenvalue weighted by Gasteiger charge is -2.19. The molecule has 0 fully saturated rings. The molecular weight excluding hydrogens is 412 g/mol. The van der Waals surface area contributed by atoms with E-state index in [1.165, 1.54) is 0 Å². The predicted octanol–water partition coefficient (Wildman–Crippen LogP) is -2.81. The molecule has 0 spiro atoms. The van der Waals surface area contributed by atoms with Gasteiger partial charge in [0.05, 0.1) is 0 Å². The third-order valence-electron chi connectivity index (χ3n) is 3.30. The van der Waals surface area contributed by atoms with Crippen LogP contribution in [0.25, 0.3) is 0 Å². The van der Waals surface area contributed by atoms with Gasteiger partial charge in [-0.3, -0.25) is 24.0 Å². The van der Waals surface area contributed by atoms with Gasteiger partial charge in [0.2, 0.25) is 17.7 Å². The average Bonchev–Trinajstić information content (AvgIpc) is 2.61. The minimum Gasteiger partial charge on any atom is -0.480 e. The molecule has 0 bridgehead atoms. The Morgan fingerprint density at radius 1 is 0.931 bits per heavy atom. The van der Waals surface area contributed by atoms with Crippen LogP contribution in [0.3, 0.4) is 0 Å². The number of hydrogen-bond donors (Lipinski definition) is 7. The molecule has 0 unspecified atom stereocenters. The molecule has 0 aliphatic heterocycles. The topological polar surface area (TPSA) is 225 Å². The van der Waals surface area contributed by atoms with Crippen molar-refractivity contribution in [2.24, 2.45) is 5.73 Å². The molecule has 0 saturated carbocycles. The van der Waals surface area contributed by atoms with Crippen LogP contribution in [-0.2, 0) is 28.8 Å². The molecule has 0 aromatic heterocycles. The number of amides is 3. The van der Waals surface area contributed by atoms with Crippen molar-refractivity contribution in [2.45, 2.75) is 37.9 Å². The highest BCUT2D eigenvalue weighted by Gasteiger charge is 2.24. The summed E-state index contributed by atoms with van der Waals surface area (Å²) in [6.45, 7) is 0.437. The Morgan fingerprint density at radius 3 is 2.03 bits per heavy atom. The number of rotatable bonds is 14. The first-order valence-corrected chi connectivity index (χ1v) is 9.44. The summed E-state index contributed by atoms with van der Waals surface area (Å²) in [5.41, 5.74) is 5.35. The Kier molecular flexibility index (Phi) is 12.0. The first-order chi connectivity index (χ1) is 13.4. The maximum Gasteiger partial charge on any atom is 0.326 e. The van der Waals surface area contributed by atoms with Gasteiger partial charge >= 0.3 is 17.9 Å². The average molecular weight is 436 g/mol. The van der Waals surface area contributed by atoms with Crippen molar-refractivity contribution >= 4 is 47.4 Å². The van der Waals surface area contributed by atoms with E-state index in [1.54, 1.807) is 0 Å². The van der Waals surface area contributed by atoms with Gasteiger partial charge in [-0.15, -0.1) is 0 Å². The molecule has 0 radical (unpaired) electrons. The Balaban J connectivity index is 4.84. The summed E-state index contributed by atoms with van der Waals surface area (Å²) < 4.78 is 0. The zero-order valence-corrected chi connectivity index (χ0v) is 16.4. The van der Waals surface area contributed by atoms with Crippen molar-refractivity contribution in [2.75, 3.05) is 18.1 Å². The Labute approximate surface area is 169 Å². The number of hydrogen-bond acceptors (Lipinski definition) is 8. The fourth-order valence-electron chi connectivity index (χ4n) is 1.90. The van der Waals surface area contributed by atoms with E-state index in [1.807, 2.05) is 0 Å². The van der Waals surface area contributed by atoms with Crippen LogP contribution in [0.5, 0.6) is 0 Å². The molecule has 0 aromatic carbocycles. The SMILES string of the molecule is CC(=O)N[C@H](CCC(=O)N[C@H](CSC[C@H](N)C(=O)O)C(=O)NCC(=O)O)C(=O)O. The molecule has 8 N–H and O–H groups in total. The largest absolute Gasteiger partial charge is 0.480 e. The lowest BCUT2D eigenvalue weighted by atomic mass is 10.1. The second kappa shape index (κ2) is 13.3. The normalized spacial score (nSPS) is 13.4. The number of carbonyl (C=O) groups is 6. The van der Waals surface area contributed by atoms with Gasteiger partial charge in [0.15, 0.2) is 0 Å². The zero-order valence-electron chi connectivity index (χ0n) is 15.5. The number of thioether (sulfide) groups is 1. The van der Waals surface area contributed by atoms with Gasteiger partial charge in [-0.25, -0.2) is 4.79 Å².